The minimum Gasteiger partial charge on any atom is -0.389 e. The van der Waals surface area contributed by atoms with Crippen LogP contribution in [0.1, 0.15) is 25.3 Å². The molecule has 1 aromatic carbocycles. The van der Waals surface area contributed by atoms with Crippen molar-refractivity contribution >= 4 is 17.3 Å². The Bertz CT molecular complexity index is 441. The topological polar surface area (TPSA) is 41.5 Å². The van der Waals surface area contributed by atoms with Gasteiger partial charge in [-0.25, -0.2) is 0 Å². The predicted octanol–water partition coefficient (Wildman–Crippen LogP) is 3.95. The Morgan fingerprint density at radius 3 is 2.67 bits per heavy atom. The number of halogens is 4. The number of aliphatic hydroxyl groups excluding tert-OH is 1. The minimum atomic E-state index is -4.46. The first-order chi connectivity index (χ1) is 9.82. The maximum Gasteiger partial charge on any atom is 0.416 e. The van der Waals surface area contributed by atoms with Crippen molar-refractivity contribution in [3.05, 3.63) is 28.8 Å². The van der Waals surface area contributed by atoms with E-state index in [1.807, 2.05) is 6.92 Å². The number of benzene rings is 1. The van der Waals surface area contributed by atoms with Gasteiger partial charge >= 0.3 is 6.18 Å². The molecule has 2 N–H and O–H groups in total. The van der Waals surface area contributed by atoms with Crippen molar-refractivity contribution in [2.45, 2.75) is 32.0 Å². The lowest BCUT2D eigenvalue weighted by atomic mass is 10.2. The van der Waals surface area contributed by atoms with Gasteiger partial charge in [-0.2, -0.15) is 13.2 Å². The number of ether oxygens (including phenoxy) is 1. The molecule has 0 spiro atoms. The monoisotopic (exact) mass is 325 g/mol. The summed E-state index contributed by atoms with van der Waals surface area (Å²) in [5.41, 5.74) is -0.617. The van der Waals surface area contributed by atoms with Crippen LogP contribution in [0.4, 0.5) is 18.9 Å². The van der Waals surface area contributed by atoms with Gasteiger partial charge in [-0.05, 0) is 24.6 Å². The van der Waals surface area contributed by atoms with Crippen LogP contribution in [0.5, 0.6) is 0 Å². The van der Waals surface area contributed by atoms with Gasteiger partial charge in [0.15, 0.2) is 0 Å². The van der Waals surface area contributed by atoms with E-state index in [2.05, 4.69) is 5.32 Å². The number of hydrogen-bond donors (Lipinski definition) is 2. The third-order valence-corrected chi connectivity index (χ3v) is 2.94. The molecule has 0 aromatic heterocycles. The van der Waals surface area contributed by atoms with Crippen LogP contribution < -0.4 is 5.32 Å². The van der Waals surface area contributed by atoms with E-state index in [1.54, 1.807) is 0 Å². The van der Waals surface area contributed by atoms with Crippen LogP contribution in [-0.4, -0.2) is 31.0 Å². The molecule has 0 saturated carbocycles. The molecule has 0 saturated heterocycles. The maximum absolute atomic E-state index is 12.6. The maximum atomic E-state index is 12.6. The summed E-state index contributed by atoms with van der Waals surface area (Å²) in [7, 11) is 0. The number of aliphatic hydroxyl groups is 1. The van der Waals surface area contributed by atoms with Gasteiger partial charge in [-0.15, -0.1) is 0 Å². The molecule has 0 amide bonds. The lowest BCUT2D eigenvalue weighted by Crippen LogP contribution is -2.25. The summed E-state index contributed by atoms with van der Waals surface area (Å²) in [5.74, 6) is 0. The number of unbranched alkanes of at least 4 members (excludes halogenated alkanes) is 1. The Hall–Kier alpha value is -0.980. The van der Waals surface area contributed by atoms with Crippen molar-refractivity contribution in [3.63, 3.8) is 0 Å². The minimum absolute atomic E-state index is 0.0130. The van der Waals surface area contributed by atoms with E-state index in [9.17, 15) is 18.3 Å². The molecule has 0 fully saturated rings. The molecule has 21 heavy (non-hydrogen) atoms. The Kier molecular flexibility index (Phi) is 7.28. The van der Waals surface area contributed by atoms with E-state index < -0.39 is 17.8 Å². The van der Waals surface area contributed by atoms with Gasteiger partial charge in [0.25, 0.3) is 0 Å². The average Bonchev–Trinajstić information content (AvgIpc) is 2.40. The Balaban J connectivity index is 2.49. The van der Waals surface area contributed by atoms with Crippen molar-refractivity contribution in [2.24, 2.45) is 0 Å². The van der Waals surface area contributed by atoms with Crippen LogP contribution in [0.25, 0.3) is 0 Å². The summed E-state index contributed by atoms with van der Waals surface area (Å²) in [6.45, 7) is 2.81. The molecule has 1 unspecified atom stereocenters. The van der Waals surface area contributed by atoms with Gasteiger partial charge in [-0.3, -0.25) is 0 Å². The van der Waals surface area contributed by atoms with Crippen molar-refractivity contribution in [2.75, 3.05) is 25.1 Å². The molecular weight excluding hydrogens is 307 g/mol. The van der Waals surface area contributed by atoms with Crippen molar-refractivity contribution in [1.29, 1.82) is 0 Å². The highest BCUT2D eigenvalue weighted by Gasteiger charge is 2.31. The summed E-state index contributed by atoms with van der Waals surface area (Å²) in [6, 6.07) is 3.19. The summed E-state index contributed by atoms with van der Waals surface area (Å²) >= 11 is 5.66. The van der Waals surface area contributed by atoms with Gasteiger partial charge in [0, 0.05) is 23.9 Å². The van der Waals surface area contributed by atoms with Crippen LogP contribution in [0.3, 0.4) is 0 Å². The van der Waals surface area contributed by atoms with Crippen LogP contribution in [0.15, 0.2) is 18.2 Å². The highest BCUT2D eigenvalue weighted by molar-refractivity contribution is 6.30. The second kappa shape index (κ2) is 8.46. The Labute approximate surface area is 127 Å². The highest BCUT2D eigenvalue weighted by Crippen LogP contribution is 2.33. The zero-order chi connectivity index (χ0) is 15.9. The Morgan fingerprint density at radius 2 is 2.05 bits per heavy atom. The van der Waals surface area contributed by atoms with Gasteiger partial charge in [0.2, 0.25) is 0 Å². The lowest BCUT2D eigenvalue weighted by molar-refractivity contribution is -0.137. The molecule has 1 rings (SSSR count). The highest BCUT2D eigenvalue weighted by atomic mass is 35.5. The van der Waals surface area contributed by atoms with Crippen molar-refractivity contribution < 1.29 is 23.0 Å². The molecule has 0 aliphatic heterocycles. The molecule has 1 atom stereocenters. The first kappa shape index (κ1) is 18.1. The van der Waals surface area contributed by atoms with Gasteiger partial charge in [-0.1, -0.05) is 24.9 Å². The molecule has 0 aliphatic carbocycles. The largest absolute Gasteiger partial charge is 0.416 e. The van der Waals surface area contributed by atoms with Gasteiger partial charge in [0.05, 0.1) is 18.3 Å². The van der Waals surface area contributed by atoms with Crippen molar-refractivity contribution in [3.8, 4) is 0 Å². The Morgan fingerprint density at radius 1 is 1.33 bits per heavy atom. The summed E-state index contributed by atoms with van der Waals surface area (Å²) < 4.78 is 43.1. The van der Waals surface area contributed by atoms with Gasteiger partial charge in [0.1, 0.15) is 0 Å². The smallest absolute Gasteiger partial charge is 0.389 e. The van der Waals surface area contributed by atoms with Crippen LogP contribution in [-0.2, 0) is 10.9 Å². The second-order valence-corrected chi connectivity index (χ2v) is 5.13. The summed E-state index contributed by atoms with van der Waals surface area (Å²) in [5, 5.41) is 12.4. The number of rotatable bonds is 8. The summed E-state index contributed by atoms with van der Waals surface area (Å²) in [4.78, 5) is 0. The van der Waals surface area contributed by atoms with Gasteiger partial charge < -0.3 is 15.2 Å². The third-order valence-electron chi connectivity index (χ3n) is 2.72. The van der Waals surface area contributed by atoms with E-state index in [4.69, 9.17) is 16.3 Å². The molecule has 120 valence electrons. The molecular formula is C14H19ClF3NO2. The number of alkyl halides is 3. The zero-order valence-corrected chi connectivity index (χ0v) is 12.5. The quantitative estimate of drug-likeness (QED) is 0.711. The second-order valence-electron chi connectivity index (χ2n) is 4.69. The molecule has 0 radical (unpaired) electrons. The van der Waals surface area contributed by atoms with E-state index >= 15 is 0 Å². The summed E-state index contributed by atoms with van der Waals surface area (Å²) in [6.07, 6.45) is -3.35. The molecule has 1 aromatic rings. The molecule has 0 bridgehead atoms. The fraction of sp³-hybridized carbons (Fsp3) is 0.571. The number of anilines is 1. The molecule has 0 aliphatic rings. The van der Waals surface area contributed by atoms with E-state index in [0.717, 1.165) is 25.0 Å². The van der Waals surface area contributed by atoms with Crippen LogP contribution in [0.2, 0.25) is 5.02 Å². The van der Waals surface area contributed by atoms with E-state index in [1.165, 1.54) is 6.07 Å². The first-order valence-electron chi connectivity index (χ1n) is 6.70. The SMILES string of the molecule is CCCCOCC(O)CNc1cc(Cl)cc(C(F)(F)F)c1. The normalized spacial score (nSPS) is 13.2. The predicted molar refractivity (Wildman–Crippen MR) is 76.7 cm³/mol. The lowest BCUT2D eigenvalue weighted by Gasteiger charge is -2.15. The van der Waals surface area contributed by atoms with Crippen LogP contribution >= 0.6 is 11.6 Å². The van der Waals surface area contributed by atoms with Crippen LogP contribution in [0, 0.1) is 0 Å². The number of hydrogen-bond acceptors (Lipinski definition) is 3. The third kappa shape index (κ3) is 7.02. The standard InChI is InChI=1S/C14H19ClF3NO2/c1-2-3-4-21-9-13(20)8-19-12-6-10(14(16,17)18)5-11(15)7-12/h5-7,13,19-20H,2-4,8-9H2,1H3. The molecule has 7 heteroatoms. The van der Waals surface area contributed by atoms with E-state index in [-0.39, 0.29) is 23.9 Å². The first-order valence-corrected chi connectivity index (χ1v) is 7.08. The van der Waals surface area contributed by atoms with Crippen molar-refractivity contribution in [1.82, 2.24) is 0 Å². The molecule has 0 heterocycles. The fourth-order valence-electron chi connectivity index (χ4n) is 1.62. The number of nitrogens with one attached hydrogen (secondary N) is 1. The fourth-order valence-corrected chi connectivity index (χ4v) is 1.85. The zero-order valence-electron chi connectivity index (χ0n) is 11.7. The van der Waals surface area contributed by atoms with E-state index in [0.29, 0.717) is 6.61 Å². The molecule has 3 nitrogen and oxygen atoms in total. The average molecular weight is 326 g/mol.